The molecule has 4 heteroatoms. The first kappa shape index (κ1) is 16.2. The zero-order valence-electron chi connectivity index (χ0n) is 12.5. The van der Waals surface area contributed by atoms with Crippen molar-refractivity contribution < 1.29 is 13.3 Å². The molecule has 18 heavy (non-hydrogen) atoms. The molecular formula is C14H30O3Si. The van der Waals surface area contributed by atoms with E-state index in [1.807, 2.05) is 20.8 Å². The van der Waals surface area contributed by atoms with Crippen molar-refractivity contribution in [2.75, 3.05) is 19.8 Å². The number of hydrogen-bond donors (Lipinski definition) is 0. The SMILES string of the molecule is CCO[Si](OCC)(OCC)C1CCCCC1CC. The molecule has 0 aromatic heterocycles. The Hall–Kier alpha value is 0.0969. The summed E-state index contributed by atoms with van der Waals surface area (Å²) in [6, 6.07) is 0. The minimum atomic E-state index is -2.48. The van der Waals surface area contributed by atoms with Crippen molar-refractivity contribution in [3.05, 3.63) is 0 Å². The molecule has 1 aliphatic carbocycles. The van der Waals surface area contributed by atoms with Crippen molar-refractivity contribution in [3.63, 3.8) is 0 Å². The fourth-order valence-corrected chi connectivity index (χ4v) is 6.85. The molecule has 0 bridgehead atoms. The van der Waals surface area contributed by atoms with Gasteiger partial charge in [0.05, 0.1) is 0 Å². The Morgan fingerprint density at radius 2 is 1.33 bits per heavy atom. The highest BCUT2D eigenvalue weighted by atomic mass is 28.4. The lowest BCUT2D eigenvalue weighted by atomic mass is 9.87. The topological polar surface area (TPSA) is 27.7 Å². The van der Waals surface area contributed by atoms with Crippen molar-refractivity contribution in [1.29, 1.82) is 0 Å². The number of hydrogen-bond acceptors (Lipinski definition) is 3. The minimum Gasteiger partial charge on any atom is -0.374 e. The van der Waals surface area contributed by atoms with E-state index in [1.165, 1.54) is 32.1 Å². The van der Waals surface area contributed by atoms with Crippen LogP contribution in [0.25, 0.3) is 0 Å². The summed E-state index contributed by atoms with van der Waals surface area (Å²) < 4.78 is 18.2. The summed E-state index contributed by atoms with van der Waals surface area (Å²) in [6.45, 7) is 10.5. The summed E-state index contributed by atoms with van der Waals surface area (Å²) in [5.41, 5.74) is 0.510. The van der Waals surface area contributed by atoms with Gasteiger partial charge in [-0.25, -0.2) is 0 Å². The van der Waals surface area contributed by atoms with Crippen molar-refractivity contribution >= 4 is 8.80 Å². The molecule has 0 aliphatic heterocycles. The molecule has 0 radical (unpaired) electrons. The molecule has 1 saturated carbocycles. The normalized spacial score (nSPS) is 25.3. The zero-order chi connectivity index (χ0) is 13.4. The standard InChI is InChI=1S/C14H30O3Si/c1-5-13-11-9-10-12-14(13)18(15-6-2,16-7-3)17-8-4/h13-14H,5-12H2,1-4H3. The van der Waals surface area contributed by atoms with E-state index in [0.29, 0.717) is 25.4 Å². The summed E-state index contributed by atoms with van der Waals surface area (Å²) in [6.07, 6.45) is 6.38. The Bertz CT molecular complexity index is 206. The van der Waals surface area contributed by atoms with E-state index in [2.05, 4.69) is 6.92 Å². The molecule has 0 saturated heterocycles. The molecule has 2 unspecified atom stereocenters. The Kier molecular flexibility index (Phi) is 7.45. The average Bonchev–Trinajstić information content (AvgIpc) is 2.39. The van der Waals surface area contributed by atoms with Crippen molar-refractivity contribution in [2.24, 2.45) is 5.92 Å². The maximum Gasteiger partial charge on any atom is 0.504 e. The van der Waals surface area contributed by atoms with Gasteiger partial charge in [0.25, 0.3) is 0 Å². The Morgan fingerprint density at radius 3 is 1.78 bits per heavy atom. The van der Waals surface area contributed by atoms with Crippen molar-refractivity contribution in [2.45, 2.75) is 65.3 Å². The van der Waals surface area contributed by atoms with E-state index < -0.39 is 8.80 Å². The van der Waals surface area contributed by atoms with E-state index in [4.69, 9.17) is 13.3 Å². The summed E-state index contributed by atoms with van der Waals surface area (Å²) in [5.74, 6) is 0.718. The third kappa shape index (κ3) is 3.79. The van der Waals surface area contributed by atoms with Crippen LogP contribution in [0.1, 0.15) is 59.8 Å². The van der Waals surface area contributed by atoms with Crippen molar-refractivity contribution in [1.82, 2.24) is 0 Å². The van der Waals surface area contributed by atoms with Gasteiger partial charge >= 0.3 is 8.80 Å². The fraction of sp³-hybridized carbons (Fsp3) is 1.00. The van der Waals surface area contributed by atoms with Gasteiger partial charge < -0.3 is 13.3 Å². The van der Waals surface area contributed by atoms with Gasteiger partial charge in [-0.2, -0.15) is 0 Å². The molecule has 108 valence electrons. The van der Waals surface area contributed by atoms with Crippen LogP contribution in [0.4, 0.5) is 0 Å². The van der Waals surface area contributed by atoms with Crippen LogP contribution in [0, 0.1) is 5.92 Å². The second kappa shape index (κ2) is 8.30. The molecule has 0 N–H and O–H groups in total. The quantitative estimate of drug-likeness (QED) is 0.626. The summed E-state index contributed by atoms with van der Waals surface area (Å²) in [4.78, 5) is 0. The fourth-order valence-electron chi connectivity index (χ4n) is 3.21. The van der Waals surface area contributed by atoms with Gasteiger partial charge in [0.1, 0.15) is 0 Å². The first-order valence-electron chi connectivity index (χ1n) is 7.65. The second-order valence-electron chi connectivity index (χ2n) is 4.96. The Labute approximate surface area is 114 Å². The lowest BCUT2D eigenvalue weighted by molar-refractivity contribution is 0.0471. The van der Waals surface area contributed by atoms with Crippen LogP contribution in [-0.2, 0) is 13.3 Å². The van der Waals surface area contributed by atoms with Crippen molar-refractivity contribution in [3.8, 4) is 0 Å². The predicted octanol–water partition coefficient (Wildman–Crippen LogP) is 4.01. The second-order valence-corrected chi connectivity index (χ2v) is 7.78. The molecule has 0 heterocycles. The maximum atomic E-state index is 6.08. The van der Waals surface area contributed by atoms with Crippen LogP contribution in [0.5, 0.6) is 0 Å². The van der Waals surface area contributed by atoms with E-state index in [1.54, 1.807) is 0 Å². The smallest absolute Gasteiger partial charge is 0.374 e. The van der Waals surface area contributed by atoms with Crippen LogP contribution < -0.4 is 0 Å². The molecule has 1 fully saturated rings. The van der Waals surface area contributed by atoms with E-state index >= 15 is 0 Å². The maximum absolute atomic E-state index is 6.08. The average molecular weight is 274 g/mol. The highest BCUT2D eigenvalue weighted by Gasteiger charge is 2.52. The highest BCUT2D eigenvalue weighted by molar-refractivity contribution is 6.62. The first-order valence-corrected chi connectivity index (χ1v) is 9.46. The van der Waals surface area contributed by atoms with Gasteiger partial charge in [0, 0.05) is 25.4 Å². The largest absolute Gasteiger partial charge is 0.504 e. The van der Waals surface area contributed by atoms with Crippen LogP contribution in [0.2, 0.25) is 5.54 Å². The molecule has 0 spiro atoms. The van der Waals surface area contributed by atoms with Crippen LogP contribution in [0.3, 0.4) is 0 Å². The zero-order valence-corrected chi connectivity index (χ0v) is 13.5. The minimum absolute atomic E-state index is 0.510. The van der Waals surface area contributed by atoms with Gasteiger partial charge in [-0.15, -0.1) is 0 Å². The molecule has 2 atom stereocenters. The van der Waals surface area contributed by atoms with Gasteiger partial charge in [-0.3, -0.25) is 0 Å². The third-order valence-corrected chi connectivity index (χ3v) is 7.67. The predicted molar refractivity (Wildman–Crippen MR) is 76.6 cm³/mol. The first-order chi connectivity index (χ1) is 8.74. The van der Waals surface area contributed by atoms with Gasteiger partial charge in [0.2, 0.25) is 0 Å². The summed E-state index contributed by atoms with van der Waals surface area (Å²) in [7, 11) is -2.48. The van der Waals surface area contributed by atoms with Crippen LogP contribution in [-0.4, -0.2) is 28.6 Å². The summed E-state index contributed by atoms with van der Waals surface area (Å²) >= 11 is 0. The van der Waals surface area contributed by atoms with Crippen LogP contribution in [0.15, 0.2) is 0 Å². The van der Waals surface area contributed by atoms with E-state index in [9.17, 15) is 0 Å². The van der Waals surface area contributed by atoms with Gasteiger partial charge in [0.15, 0.2) is 0 Å². The third-order valence-electron chi connectivity index (χ3n) is 3.92. The number of rotatable bonds is 8. The lowest BCUT2D eigenvalue weighted by Gasteiger charge is -2.41. The molecular weight excluding hydrogens is 244 g/mol. The van der Waals surface area contributed by atoms with Gasteiger partial charge in [-0.05, 0) is 33.1 Å². The monoisotopic (exact) mass is 274 g/mol. The van der Waals surface area contributed by atoms with E-state index in [0.717, 1.165) is 5.92 Å². The molecule has 3 nitrogen and oxygen atoms in total. The van der Waals surface area contributed by atoms with E-state index in [-0.39, 0.29) is 0 Å². The molecule has 1 rings (SSSR count). The Balaban J connectivity index is 2.88. The molecule has 0 amide bonds. The summed E-state index contributed by atoms with van der Waals surface area (Å²) in [5, 5.41) is 0. The lowest BCUT2D eigenvalue weighted by Crippen LogP contribution is -2.53. The molecule has 0 aromatic carbocycles. The molecule has 1 aliphatic rings. The van der Waals surface area contributed by atoms with Gasteiger partial charge in [-0.1, -0.05) is 32.6 Å². The van der Waals surface area contributed by atoms with Crippen LogP contribution >= 0.6 is 0 Å². The Morgan fingerprint density at radius 1 is 0.833 bits per heavy atom. The molecule has 0 aromatic rings. The highest BCUT2D eigenvalue weighted by Crippen LogP contribution is 2.44.